The van der Waals surface area contributed by atoms with Gasteiger partial charge in [-0.15, -0.1) is 0 Å². The van der Waals surface area contributed by atoms with Gasteiger partial charge in [0.1, 0.15) is 5.75 Å². The Morgan fingerprint density at radius 3 is 2.18 bits per heavy atom. The van der Waals surface area contributed by atoms with Gasteiger partial charge in [-0.05, 0) is 42.0 Å². The van der Waals surface area contributed by atoms with E-state index in [4.69, 9.17) is 22.1 Å². The van der Waals surface area contributed by atoms with Crippen LogP contribution in [0.25, 0.3) is 0 Å². The molecule has 2 aromatic carbocycles. The van der Waals surface area contributed by atoms with Crippen LogP contribution in [0, 0.1) is 0 Å². The van der Waals surface area contributed by atoms with E-state index in [2.05, 4.69) is 0 Å². The number of nitrogens with two attached hydrogens (primary N) is 1. The van der Waals surface area contributed by atoms with Gasteiger partial charge in [0.15, 0.2) is 9.84 Å². The molecule has 2 N–H and O–H groups in total. The van der Waals surface area contributed by atoms with Crippen LogP contribution in [0.2, 0.25) is 5.02 Å². The second-order valence-electron chi connectivity index (χ2n) is 5.34. The summed E-state index contributed by atoms with van der Waals surface area (Å²) >= 11 is 5.81. The van der Waals surface area contributed by atoms with Crippen molar-refractivity contribution in [1.82, 2.24) is 0 Å². The number of benzene rings is 2. The summed E-state index contributed by atoms with van der Waals surface area (Å²) in [4.78, 5) is 0.258. The summed E-state index contributed by atoms with van der Waals surface area (Å²) in [6.07, 6.45) is 0. The van der Waals surface area contributed by atoms with Gasteiger partial charge in [0.05, 0.1) is 17.3 Å². The van der Waals surface area contributed by atoms with Gasteiger partial charge in [0.25, 0.3) is 0 Å². The highest BCUT2D eigenvalue weighted by Gasteiger charge is 2.57. The summed E-state index contributed by atoms with van der Waals surface area (Å²) in [6, 6.07) is 13.1. The number of methoxy groups -OCH3 is 1. The van der Waals surface area contributed by atoms with E-state index in [0.29, 0.717) is 5.02 Å². The topological polar surface area (TPSA) is 69.4 Å². The van der Waals surface area contributed by atoms with Crippen molar-refractivity contribution in [3.63, 3.8) is 0 Å². The van der Waals surface area contributed by atoms with Gasteiger partial charge < -0.3 is 10.5 Å². The van der Waals surface area contributed by atoms with Crippen LogP contribution < -0.4 is 10.5 Å². The van der Waals surface area contributed by atoms with Crippen molar-refractivity contribution < 1.29 is 13.2 Å². The second kappa shape index (κ2) is 5.57. The van der Waals surface area contributed by atoms with Gasteiger partial charge in [0.2, 0.25) is 0 Å². The number of sulfone groups is 1. The third kappa shape index (κ3) is 2.60. The molecule has 3 atom stereocenters. The molecule has 4 nitrogen and oxygen atoms in total. The number of halogens is 1. The van der Waals surface area contributed by atoms with E-state index in [0.717, 1.165) is 11.3 Å². The van der Waals surface area contributed by atoms with Crippen molar-refractivity contribution in [3.8, 4) is 5.75 Å². The first-order valence-corrected chi connectivity index (χ1v) is 8.76. The maximum atomic E-state index is 12.7. The number of ether oxygens (including phenoxy) is 1. The minimum atomic E-state index is -3.46. The van der Waals surface area contributed by atoms with Gasteiger partial charge in [0, 0.05) is 17.0 Å². The average Bonchev–Trinajstić information content (AvgIpc) is 3.20. The summed E-state index contributed by atoms with van der Waals surface area (Å²) in [5, 5.41) is -0.0900. The Morgan fingerprint density at radius 2 is 1.64 bits per heavy atom. The Kier molecular flexibility index (Phi) is 3.89. The maximum absolute atomic E-state index is 12.7. The van der Waals surface area contributed by atoms with Crippen molar-refractivity contribution in [3.05, 3.63) is 59.1 Å². The normalized spacial score (nSPS) is 24.0. The molecule has 22 heavy (non-hydrogen) atoms. The van der Waals surface area contributed by atoms with Crippen LogP contribution >= 0.6 is 11.6 Å². The molecule has 0 saturated heterocycles. The van der Waals surface area contributed by atoms with E-state index in [1.54, 1.807) is 19.2 Å². The van der Waals surface area contributed by atoms with Crippen molar-refractivity contribution in [1.29, 1.82) is 0 Å². The van der Waals surface area contributed by atoms with Crippen LogP contribution in [-0.4, -0.2) is 26.8 Å². The molecule has 0 unspecified atom stereocenters. The Balaban J connectivity index is 1.87. The summed E-state index contributed by atoms with van der Waals surface area (Å²) < 4.78 is 30.5. The number of hydrogen-bond donors (Lipinski definition) is 1. The first kappa shape index (κ1) is 15.3. The SMILES string of the molecule is COc1ccc([C@@H]2[C@H](N)[C@H]2S(=O)(=O)c2ccc(Cl)cc2)cc1. The third-order valence-corrected chi connectivity index (χ3v) is 6.51. The summed E-state index contributed by atoms with van der Waals surface area (Å²) in [7, 11) is -1.87. The minimum Gasteiger partial charge on any atom is -0.497 e. The molecule has 0 aliphatic heterocycles. The highest BCUT2D eigenvalue weighted by atomic mass is 35.5. The second-order valence-corrected chi connectivity index (χ2v) is 7.88. The fraction of sp³-hybridized carbons (Fsp3) is 0.250. The average molecular weight is 338 g/mol. The zero-order valence-electron chi connectivity index (χ0n) is 11.9. The molecule has 1 fully saturated rings. The van der Waals surface area contributed by atoms with Crippen LogP contribution in [0.1, 0.15) is 11.5 Å². The molecule has 2 aromatic rings. The quantitative estimate of drug-likeness (QED) is 0.931. The fourth-order valence-electron chi connectivity index (χ4n) is 2.72. The van der Waals surface area contributed by atoms with Crippen LogP contribution in [0.15, 0.2) is 53.4 Å². The third-order valence-electron chi connectivity index (χ3n) is 4.01. The predicted molar refractivity (Wildman–Crippen MR) is 86.1 cm³/mol. The minimum absolute atomic E-state index is 0.188. The van der Waals surface area contributed by atoms with E-state index in [-0.39, 0.29) is 10.8 Å². The Morgan fingerprint density at radius 1 is 1.05 bits per heavy atom. The zero-order chi connectivity index (χ0) is 15.9. The Hall–Kier alpha value is -1.56. The molecule has 6 heteroatoms. The number of hydrogen-bond acceptors (Lipinski definition) is 4. The first-order valence-electron chi connectivity index (χ1n) is 6.84. The lowest BCUT2D eigenvalue weighted by Gasteiger charge is -2.05. The van der Waals surface area contributed by atoms with Gasteiger partial charge >= 0.3 is 0 Å². The summed E-state index contributed by atoms with van der Waals surface area (Å²) in [5.41, 5.74) is 6.94. The molecule has 0 spiro atoms. The van der Waals surface area contributed by atoms with Gasteiger partial charge in [-0.2, -0.15) is 0 Å². The molecular weight excluding hydrogens is 322 g/mol. The van der Waals surface area contributed by atoms with Gasteiger partial charge in [-0.1, -0.05) is 23.7 Å². The molecule has 0 aromatic heterocycles. The molecule has 0 radical (unpaired) electrons. The van der Waals surface area contributed by atoms with Crippen molar-refractivity contribution >= 4 is 21.4 Å². The van der Waals surface area contributed by atoms with Gasteiger partial charge in [-0.25, -0.2) is 8.42 Å². The molecule has 1 saturated carbocycles. The Labute approximate surface area is 134 Å². The molecular formula is C16H16ClNO3S. The summed E-state index contributed by atoms with van der Waals surface area (Å²) in [5.74, 6) is 0.543. The van der Waals surface area contributed by atoms with E-state index in [9.17, 15) is 8.42 Å². The standard InChI is InChI=1S/C16H16ClNO3S/c1-21-12-6-2-10(3-7-12)14-15(18)16(14)22(19,20)13-8-4-11(17)5-9-13/h2-9,14-16H,18H2,1H3/t14-,15+,16+/m1/s1. The first-order chi connectivity index (χ1) is 10.4. The summed E-state index contributed by atoms with van der Waals surface area (Å²) in [6.45, 7) is 0. The highest BCUT2D eigenvalue weighted by Crippen LogP contribution is 2.47. The monoisotopic (exact) mass is 337 g/mol. The molecule has 0 amide bonds. The van der Waals surface area contributed by atoms with Gasteiger partial charge in [-0.3, -0.25) is 0 Å². The predicted octanol–water partition coefficient (Wildman–Crippen LogP) is 2.62. The molecule has 116 valence electrons. The van der Waals surface area contributed by atoms with E-state index in [1.807, 2.05) is 24.3 Å². The van der Waals surface area contributed by atoms with Crippen molar-refractivity contribution in [2.24, 2.45) is 5.73 Å². The van der Waals surface area contributed by atoms with E-state index >= 15 is 0 Å². The molecule has 0 bridgehead atoms. The lowest BCUT2D eigenvalue weighted by Crippen LogP contribution is -2.15. The molecule has 1 aliphatic carbocycles. The molecule has 3 rings (SSSR count). The molecule has 1 aliphatic rings. The smallest absolute Gasteiger partial charge is 0.183 e. The van der Waals surface area contributed by atoms with Crippen LogP contribution in [-0.2, 0) is 9.84 Å². The van der Waals surface area contributed by atoms with Crippen LogP contribution in [0.5, 0.6) is 5.75 Å². The largest absolute Gasteiger partial charge is 0.497 e. The zero-order valence-corrected chi connectivity index (χ0v) is 13.5. The fourth-order valence-corrected chi connectivity index (χ4v) is 4.90. The molecule has 0 heterocycles. The van der Waals surface area contributed by atoms with Crippen molar-refractivity contribution in [2.45, 2.75) is 22.1 Å². The van der Waals surface area contributed by atoms with Crippen molar-refractivity contribution in [2.75, 3.05) is 7.11 Å². The van der Waals surface area contributed by atoms with E-state index in [1.165, 1.54) is 12.1 Å². The Bertz CT molecular complexity index is 772. The number of rotatable bonds is 4. The maximum Gasteiger partial charge on any atom is 0.183 e. The van der Waals surface area contributed by atoms with E-state index < -0.39 is 21.1 Å². The lowest BCUT2D eigenvalue weighted by atomic mass is 10.1. The highest BCUT2D eigenvalue weighted by molar-refractivity contribution is 7.92. The van der Waals surface area contributed by atoms with Crippen LogP contribution in [0.4, 0.5) is 0 Å². The van der Waals surface area contributed by atoms with Crippen LogP contribution in [0.3, 0.4) is 0 Å². The lowest BCUT2D eigenvalue weighted by molar-refractivity contribution is 0.414.